The Hall–Kier alpha value is -1.45. The van der Waals surface area contributed by atoms with Crippen LogP contribution in [0.5, 0.6) is 0 Å². The zero-order valence-electron chi connectivity index (χ0n) is 11.1. The molecule has 0 aliphatic carbocycles. The Morgan fingerprint density at radius 2 is 2.05 bits per heavy atom. The maximum absolute atomic E-state index is 13.5. The lowest BCUT2D eigenvalue weighted by atomic mass is 10.1. The van der Waals surface area contributed by atoms with E-state index in [1.54, 1.807) is 11.0 Å². The summed E-state index contributed by atoms with van der Waals surface area (Å²) < 4.78 is 13.8. The summed E-state index contributed by atoms with van der Waals surface area (Å²) in [5.74, 6) is -0.603. The van der Waals surface area contributed by atoms with Crippen molar-refractivity contribution in [1.82, 2.24) is 9.80 Å². The standard InChI is InChI=1S/C14H15BrFN3O/c1-10(9-17)18-4-6-19(7-5-18)14(20)11-2-3-12(15)13(16)8-11/h2-3,8,10H,4-7H2,1H3. The van der Waals surface area contributed by atoms with Crippen LogP contribution < -0.4 is 0 Å². The molecule has 106 valence electrons. The molecule has 20 heavy (non-hydrogen) atoms. The van der Waals surface area contributed by atoms with Gasteiger partial charge in [-0.1, -0.05) is 0 Å². The molecule has 1 atom stereocenters. The Balaban J connectivity index is 2.01. The Morgan fingerprint density at radius 1 is 1.40 bits per heavy atom. The molecule has 0 bridgehead atoms. The van der Waals surface area contributed by atoms with Gasteiger partial charge in [0.1, 0.15) is 5.82 Å². The van der Waals surface area contributed by atoms with E-state index in [0.29, 0.717) is 36.2 Å². The molecule has 0 N–H and O–H groups in total. The highest BCUT2D eigenvalue weighted by Gasteiger charge is 2.24. The summed E-state index contributed by atoms with van der Waals surface area (Å²) in [7, 11) is 0. The molecule has 2 rings (SSSR count). The third-order valence-electron chi connectivity index (χ3n) is 3.50. The molecular weight excluding hydrogens is 325 g/mol. The first-order valence-corrected chi connectivity index (χ1v) is 7.20. The number of benzene rings is 1. The van der Waals surface area contributed by atoms with Gasteiger partial charge in [0, 0.05) is 31.7 Å². The molecule has 1 heterocycles. The van der Waals surface area contributed by atoms with Crippen LogP contribution in [0, 0.1) is 17.1 Å². The van der Waals surface area contributed by atoms with Crippen LogP contribution in [0.25, 0.3) is 0 Å². The van der Waals surface area contributed by atoms with Gasteiger partial charge in [-0.25, -0.2) is 4.39 Å². The zero-order valence-corrected chi connectivity index (χ0v) is 12.7. The Labute approximate surface area is 125 Å². The Morgan fingerprint density at radius 3 is 2.60 bits per heavy atom. The molecule has 0 spiro atoms. The average Bonchev–Trinajstić information content (AvgIpc) is 2.48. The van der Waals surface area contributed by atoms with E-state index in [1.807, 2.05) is 11.8 Å². The van der Waals surface area contributed by atoms with Crippen molar-refractivity contribution in [2.75, 3.05) is 26.2 Å². The highest BCUT2D eigenvalue weighted by Crippen LogP contribution is 2.18. The minimum atomic E-state index is -0.437. The quantitative estimate of drug-likeness (QED) is 0.830. The fourth-order valence-corrected chi connectivity index (χ4v) is 2.45. The predicted molar refractivity (Wildman–Crippen MR) is 76.7 cm³/mol. The molecule has 1 aromatic carbocycles. The second-order valence-corrected chi connectivity index (χ2v) is 5.62. The highest BCUT2D eigenvalue weighted by molar-refractivity contribution is 9.10. The number of carbonyl (C=O) groups excluding carboxylic acids is 1. The van der Waals surface area contributed by atoms with Gasteiger partial charge < -0.3 is 4.90 Å². The minimum absolute atomic E-state index is 0.141. The number of carbonyl (C=O) groups is 1. The molecule has 1 unspecified atom stereocenters. The van der Waals surface area contributed by atoms with Crippen LogP contribution in [-0.2, 0) is 0 Å². The molecule has 1 aliphatic heterocycles. The van der Waals surface area contributed by atoms with Crippen molar-refractivity contribution in [3.05, 3.63) is 34.1 Å². The normalized spacial score (nSPS) is 17.6. The molecule has 1 aromatic rings. The lowest BCUT2D eigenvalue weighted by molar-refractivity contribution is 0.0615. The SMILES string of the molecule is CC(C#N)N1CCN(C(=O)c2ccc(Br)c(F)c2)CC1. The molecule has 6 heteroatoms. The molecule has 1 saturated heterocycles. The summed E-state index contributed by atoms with van der Waals surface area (Å²) in [4.78, 5) is 16.0. The predicted octanol–water partition coefficient (Wildman–Crippen LogP) is 2.26. The summed E-state index contributed by atoms with van der Waals surface area (Å²) >= 11 is 3.07. The van der Waals surface area contributed by atoms with Crippen LogP contribution in [0.15, 0.2) is 22.7 Å². The molecular formula is C14H15BrFN3O. The number of piperazine rings is 1. The number of nitrogens with zero attached hydrogens (tertiary/aromatic N) is 3. The van der Waals surface area contributed by atoms with E-state index in [2.05, 4.69) is 22.0 Å². The molecule has 0 radical (unpaired) electrons. The fourth-order valence-electron chi connectivity index (χ4n) is 2.21. The van der Waals surface area contributed by atoms with Gasteiger partial charge in [-0.2, -0.15) is 5.26 Å². The van der Waals surface area contributed by atoms with E-state index in [1.165, 1.54) is 12.1 Å². The Bertz CT molecular complexity index is 550. The van der Waals surface area contributed by atoms with Crippen molar-refractivity contribution in [1.29, 1.82) is 5.26 Å². The lowest BCUT2D eigenvalue weighted by Crippen LogP contribution is -2.51. The number of nitriles is 1. The van der Waals surface area contributed by atoms with Crippen LogP contribution in [0.1, 0.15) is 17.3 Å². The third-order valence-corrected chi connectivity index (χ3v) is 4.15. The van der Waals surface area contributed by atoms with E-state index >= 15 is 0 Å². The largest absolute Gasteiger partial charge is 0.336 e. The van der Waals surface area contributed by atoms with Gasteiger partial charge >= 0.3 is 0 Å². The number of rotatable bonds is 2. The van der Waals surface area contributed by atoms with Crippen molar-refractivity contribution in [3.8, 4) is 6.07 Å². The molecule has 4 nitrogen and oxygen atoms in total. The van der Waals surface area contributed by atoms with E-state index in [9.17, 15) is 9.18 Å². The first-order chi connectivity index (χ1) is 9.52. The zero-order chi connectivity index (χ0) is 14.7. The second-order valence-electron chi connectivity index (χ2n) is 4.76. The van der Waals surface area contributed by atoms with E-state index in [0.717, 1.165) is 0 Å². The van der Waals surface area contributed by atoms with Crippen molar-refractivity contribution in [2.24, 2.45) is 0 Å². The summed E-state index contributed by atoms with van der Waals surface area (Å²) in [5, 5.41) is 8.88. The number of amides is 1. The lowest BCUT2D eigenvalue weighted by Gasteiger charge is -2.35. The van der Waals surface area contributed by atoms with Gasteiger partial charge in [0.05, 0.1) is 16.6 Å². The smallest absolute Gasteiger partial charge is 0.254 e. The molecule has 1 fully saturated rings. The first-order valence-electron chi connectivity index (χ1n) is 6.41. The summed E-state index contributed by atoms with van der Waals surface area (Å²) in [5.41, 5.74) is 0.354. The molecule has 1 amide bonds. The fraction of sp³-hybridized carbons (Fsp3) is 0.429. The van der Waals surface area contributed by atoms with Gasteiger partial charge in [-0.3, -0.25) is 9.69 Å². The van der Waals surface area contributed by atoms with Gasteiger partial charge in [0.25, 0.3) is 5.91 Å². The van der Waals surface area contributed by atoms with Gasteiger partial charge in [-0.05, 0) is 41.1 Å². The van der Waals surface area contributed by atoms with Crippen LogP contribution in [0.2, 0.25) is 0 Å². The van der Waals surface area contributed by atoms with Crippen molar-refractivity contribution in [2.45, 2.75) is 13.0 Å². The van der Waals surface area contributed by atoms with E-state index in [4.69, 9.17) is 5.26 Å². The van der Waals surface area contributed by atoms with Crippen molar-refractivity contribution < 1.29 is 9.18 Å². The summed E-state index contributed by atoms with van der Waals surface area (Å²) in [6.45, 7) is 4.30. The van der Waals surface area contributed by atoms with Gasteiger partial charge in [0.15, 0.2) is 0 Å². The molecule has 0 aromatic heterocycles. The van der Waals surface area contributed by atoms with Gasteiger partial charge in [0.2, 0.25) is 0 Å². The van der Waals surface area contributed by atoms with Crippen LogP contribution in [0.3, 0.4) is 0 Å². The highest BCUT2D eigenvalue weighted by atomic mass is 79.9. The maximum Gasteiger partial charge on any atom is 0.254 e. The summed E-state index contributed by atoms with van der Waals surface area (Å²) in [6, 6.07) is 6.45. The van der Waals surface area contributed by atoms with Crippen LogP contribution in [0.4, 0.5) is 4.39 Å². The topological polar surface area (TPSA) is 47.3 Å². The Kier molecular flexibility index (Phi) is 4.73. The number of halogens is 2. The van der Waals surface area contributed by atoms with E-state index < -0.39 is 5.82 Å². The monoisotopic (exact) mass is 339 g/mol. The molecule has 0 saturated carbocycles. The first kappa shape index (κ1) is 14.9. The van der Waals surface area contributed by atoms with Gasteiger partial charge in [-0.15, -0.1) is 0 Å². The number of hydrogen-bond acceptors (Lipinski definition) is 3. The second kappa shape index (κ2) is 6.33. The van der Waals surface area contributed by atoms with Crippen LogP contribution >= 0.6 is 15.9 Å². The maximum atomic E-state index is 13.5. The third kappa shape index (κ3) is 3.17. The van der Waals surface area contributed by atoms with Crippen molar-refractivity contribution in [3.63, 3.8) is 0 Å². The molecule has 1 aliphatic rings. The average molecular weight is 340 g/mol. The van der Waals surface area contributed by atoms with Crippen molar-refractivity contribution >= 4 is 21.8 Å². The summed E-state index contributed by atoms with van der Waals surface area (Å²) in [6.07, 6.45) is 0. The van der Waals surface area contributed by atoms with E-state index in [-0.39, 0.29) is 11.9 Å². The van der Waals surface area contributed by atoms with Crippen LogP contribution in [-0.4, -0.2) is 47.9 Å². The minimum Gasteiger partial charge on any atom is -0.336 e. The number of hydrogen-bond donors (Lipinski definition) is 0.